The SMILES string of the molecule is O=C(Cc1cccc(F)c1Br)c1cnns1. The van der Waals surface area contributed by atoms with Gasteiger partial charge in [-0.15, -0.1) is 5.10 Å². The smallest absolute Gasteiger partial charge is 0.180 e. The molecule has 0 spiro atoms. The molecule has 2 rings (SSSR count). The van der Waals surface area contributed by atoms with Crippen molar-refractivity contribution in [2.45, 2.75) is 6.42 Å². The molecule has 0 saturated carbocycles. The van der Waals surface area contributed by atoms with Gasteiger partial charge in [0.05, 0.1) is 10.7 Å². The minimum absolute atomic E-state index is 0.110. The van der Waals surface area contributed by atoms with Crippen LogP contribution >= 0.6 is 27.5 Å². The molecule has 0 unspecified atom stereocenters. The average Bonchev–Trinajstić information content (AvgIpc) is 2.78. The molecular formula is C10H6BrFN2OS. The number of benzene rings is 1. The summed E-state index contributed by atoms with van der Waals surface area (Å²) >= 11 is 4.16. The predicted molar refractivity (Wildman–Crippen MR) is 62.0 cm³/mol. The number of aromatic nitrogens is 2. The van der Waals surface area contributed by atoms with E-state index < -0.39 is 0 Å². The lowest BCUT2D eigenvalue weighted by Crippen LogP contribution is -2.02. The van der Waals surface area contributed by atoms with Crippen LogP contribution in [0.1, 0.15) is 15.2 Å². The largest absolute Gasteiger partial charge is 0.293 e. The summed E-state index contributed by atoms with van der Waals surface area (Å²) in [7, 11) is 0. The highest BCUT2D eigenvalue weighted by Crippen LogP contribution is 2.22. The number of hydrogen-bond acceptors (Lipinski definition) is 4. The summed E-state index contributed by atoms with van der Waals surface area (Å²) < 4.78 is 17.1. The summed E-state index contributed by atoms with van der Waals surface area (Å²) in [6.07, 6.45) is 1.56. The van der Waals surface area contributed by atoms with E-state index in [0.29, 0.717) is 14.9 Å². The van der Waals surface area contributed by atoms with Crippen molar-refractivity contribution in [2.24, 2.45) is 0 Å². The molecule has 0 bridgehead atoms. The number of halogens is 2. The van der Waals surface area contributed by atoms with Crippen molar-refractivity contribution < 1.29 is 9.18 Å². The second-order valence-corrected chi connectivity index (χ2v) is 4.67. The van der Waals surface area contributed by atoms with Crippen molar-refractivity contribution >= 4 is 33.2 Å². The van der Waals surface area contributed by atoms with Crippen molar-refractivity contribution in [3.05, 3.63) is 45.1 Å². The molecule has 0 aliphatic rings. The lowest BCUT2D eigenvalue weighted by Gasteiger charge is -2.02. The second-order valence-electron chi connectivity index (χ2n) is 3.09. The summed E-state index contributed by atoms with van der Waals surface area (Å²) in [5.74, 6) is -0.478. The van der Waals surface area contributed by atoms with Crippen molar-refractivity contribution in [3.8, 4) is 0 Å². The van der Waals surface area contributed by atoms with Gasteiger partial charge in [0.1, 0.15) is 10.7 Å². The number of carbonyl (C=O) groups excluding carboxylic acids is 1. The van der Waals surface area contributed by atoms with Gasteiger partial charge in [-0.1, -0.05) is 16.6 Å². The van der Waals surface area contributed by atoms with Crippen molar-refractivity contribution in [1.29, 1.82) is 0 Å². The van der Waals surface area contributed by atoms with Gasteiger partial charge < -0.3 is 0 Å². The predicted octanol–water partition coefficient (Wildman–Crippen LogP) is 2.87. The molecule has 1 heterocycles. The van der Waals surface area contributed by atoms with E-state index >= 15 is 0 Å². The molecule has 0 radical (unpaired) electrons. The first-order valence-corrected chi connectivity index (χ1v) is 5.98. The van der Waals surface area contributed by atoms with Crippen molar-refractivity contribution in [2.75, 3.05) is 0 Å². The molecule has 82 valence electrons. The Hall–Kier alpha value is -1.14. The summed E-state index contributed by atoms with van der Waals surface area (Å²) in [6, 6.07) is 4.62. The van der Waals surface area contributed by atoms with E-state index in [-0.39, 0.29) is 18.0 Å². The Balaban J connectivity index is 2.22. The minimum Gasteiger partial charge on any atom is -0.293 e. The molecule has 1 aromatic heterocycles. The molecule has 3 nitrogen and oxygen atoms in total. The van der Waals surface area contributed by atoms with Gasteiger partial charge in [0.25, 0.3) is 0 Å². The van der Waals surface area contributed by atoms with Crippen LogP contribution in [0.2, 0.25) is 0 Å². The van der Waals surface area contributed by atoms with Crippen LogP contribution in [0.25, 0.3) is 0 Å². The molecule has 0 amide bonds. The van der Waals surface area contributed by atoms with Crippen LogP contribution in [0.15, 0.2) is 28.9 Å². The highest BCUT2D eigenvalue weighted by atomic mass is 79.9. The number of nitrogens with zero attached hydrogens (tertiary/aromatic N) is 2. The fraction of sp³-hybridized carbons (Fsp3) is 0.100. The van der Waals surface area contributed by atoms with Gasteiger partial charge in [-0.05, 0) is 39.1 Å². The van der Waals surface area contributed by atoms with Crippen LogP contribution in [0.3, 0.4) is 0 Å². The zero-order chi connectivity index (χ0) is 11.5. The Labute approximate surface area is 104 Å². The molecule has 0 atom stereocenters. The molecule has 1 aromatic carbocycles. The highest BCUT2D eigenvalue weighted by molar-refractivity contribution is 9.10. The Morgan fingerprint density at radius 2 is 2.31 bits per heavy atom. The second kappa shape index (κ2) is 4.80. The average molecular weight is 301 g/mol. The third-order valence-electron chi connectivity index (χ3n) is 2.02. The van der Waals surface area contributed by atoms with Gasteiger partial charge in [-0.3, -0.25) is 4.79 Å². The van der Waals surface area contributed by atoms with Crippen LogP contribution < -0.4 is 0 Å². The molecule has 2 aromatic rings. The zero-order valence-electron chi connectivity index (χ0n) is 7.98. The summed E-state index contributed by atoms with van der Waals surface area (Å²) in [4.78, 5) is 12.2. The fourth-order valence-corrected chi connectivity index (χ4v) is 2.09. The highest BCUT2D eigenvalue weighted by Gasteiger charge is 2.13. The molecule has 6 heteroatoms. The molecular weight excluding hydrogens is 295 g/mol. The van der Waals surface area contributed by atoms with Gasteiger partial charge in [0.2, 0.25) is 0 Å². The van der Waals surface area contributed by atoms with E-state index in [4.69, 9.17) is 0 Å². The maximum absolute atomic E-state index is 13.2. The Kier molecular flexibility index (Phi) is 3.40. The Morgan fingerprint density at radius 3 is 3.00 bits per heavy atom. The van der Waals surface area contributed by atoms with Gasteiger partial charge >= 0.3 is 0 Å². The minimum atomic E-state index is -0.368. The summed E-state index contributed by atoms with van der Waals surface area (Å²) in [5.41, 5.74) is 0.624. The van der Waals surface area contributed by atoms with Crippen LogP contribution in [-0.4, -0.2) is 15.4 Å². The van der Waals surface area contributed by atoms with E-state index in [2.05, 4.69) is 25.5 Å². The monoisotopic (exact) mass is 300 g/mol. The van der Waals surface area contributed by atoms with Crippen LogP contribution in [0.4, 0.5) is 4.39 Å². The zero-order valence-corrected chi connectivity index (χ0v) is 10.4. The first-order chi connectivity index (χ1) is 7.68. The summed E-state index contributed by atoms with van der Waals surface area (Å²) in [5, 5.41) is 3.59. The Morgan fingerprint density at radius 1 is 1.50 bits per heavy atom. The molecule has 0 saturated heterocycles. The molecule has 16 heavy (non-hydrogen) atoms. The number of Topliss-reactive ketones (excluding diaryl/α,β-unsaturated/α-hetero) is 1. The Bertz CT molecular complexity index is 516. The van der Waals surface area contributed by atoms with Gasteiger partial charge in [-0.25, -0.2) is 4.39 Å². The standard InChI is InChI=1S/C10H6BrFN2OS/c11-10-6(2-1-3-7(10)12)4-8(15)9-5-13-14-16-9/h1-3,5H,4H2. The lowest BCUT2D eigenvalue weighted by molar-refractivity contribution is 0.0996. The summed E-state index contributed by atoms with van der Waals surface area (Å²) in [6.45, 7) is 0. The van der Waals surface area contributed by atoms with Crippen molar-refractivity contribution in [3.63, 3.8) is 0 Å². The number of hydrogen-bond donors (Lipinski definition) is 0. The molecule has 0 aliphatic heterocycles. The first-order valence-electron chi connectivity index (χ1n) is 4.42. The van der Waals surface area contributed by atoms with E-state index in [1.165, 1.54) is 12.3 Å². The molecule has 0 aliphatic carbocycles. The van der Waals surface area contributed by atoms with E-state index in [1.54, 1.807) is 12.1 Å². The van der Waals surface area contributed by atoms with E-state index in [1.807, 2.05) is 0 Å². The van der Waals surface area contributed by atoms with Gasteiger partial charge in [0, 0.05) is 6.42 Å². The van der Waals surface area contributed by atoms with E-state index in [9.17, 15) is 9.18 Å². The van der Waals surface area contributed by atoms with Crippen LogP contribution in [-0.2, 0) is 6.42 Å². The maximum atomic E-state index is 13.2. The quantitative estimate of drug-likeness (QED) is 0.819. The third-order valence-corrected chi connectivity index (χ3v) is 3.61. The van der Waals surface area contributed by atoms with Gasteiger partial charge in [0.15, 0.2) is 5.78 Å². The van der Waals surface area contributed by atoms with Crippen molar-refractivity contribution in [1.82, 2.24) is 9.59 Å². The van der Waals surface area contributed by atoms with Gasteiger partial charge in [-0.2, -0.15) is 0 Å². The third kappa shape index (κ3) is 2.33. The molecule has 0 N–H and O–H groups in total. The first kappa shape index (κ1) is 11.3. The normalized spacial score (nSPS) is 10.4. The van der Waals surface area contributed by atoms with E-state index in [0.717, 1.165) is 11.5 Å². The van der Waals surface area contributed by atoms with Crippen LogP contribution in [0.5, 0.6) is 0 Å². The number of carbonyl (C=O) groups is 1. The van der Waals surface area contributed by atoms with Crippen LogP contribution in [0, 0.1) is 5.82 Å². The number of rotatable bonds is 3. The fourth-order valence-electron chi connectivity index (χ4n) is 1.24. The number of ketones is 1. The topological polar surface area (TPSA) is 42.9 Å². The maximum Gasteiger partial charge on any atom is 0.180 e. The lowest BCUT2D eigenvalue weighted by atomic mass is 10.1. The molecule has 0 fully saturated rings.